The van der Waals surface area contributed by atoms with E-state index in [9.17, 15) is 4.79 Å². The molecule has 13 heteroatoms. The number of nitrogens with one attached hydrogen (secondary N) is 1. The summed E-state index contributed by atoms with van der Waals surface area (Å²) in [5.74, 6) is 1.87. The molecule has 1 aliphatic rings. The Morgan fingerprint density at radius 3 is 1.16 bits per heavy atom. The zero-order valence-corrected chi connectivity index (χ0v) is 48.1. The van der Waals surface area contributed by atoms with Crippen LogP contribution in [0.1, 0.15) is 73.5 Å². The van der Waals surface area contributed by atoms with Gasteiger partial charge in [0.15, 0.2) is 29.1 Å². The summed E-state index contributed by atoms with van der Waals surface area (Å²) in [4.78, 5) is 29.0. The number of carbonyl (C=O) groups excluding carboxylic acids is 2. The van der Waals surface area contributed by atoms with Crippen LogP contribution in [0.5, 0.6) is 51.7 Å². The van der Waals surface area contributed by atoms with Gasteiger partial charge >= 0.3 is 12.1 Å². The number of carbonyl (C=O) groups is 2. The van der Waals surface area contributed by atoms with Crippen LogP contribution in [0, 0.1) is 0 Å². The highest BCUT2D eigenvalue weighted by Crippen LogP contribution is 2.49. The second-order valence-corrected chi connectivity index (χ2v) is 20.6. The minimum absolute atomic E-state index is 0.0372. The molecule has 0 bridgehead atoms. The first-order valence-corrected chi connectivity index (χ1v) is 28.9. The van der Waals surface area contributed by atoms with Gasteiger partial charge in [-0.2, -0.15) is 0 Å². The van der Waals surface area contributed by atoms with E-state index in [0.717, 1.165) is 38.9 Å². The van der Waals surface area contributed by atoms with Crippen molar-refractivity contribution in [3.05, 3.63) is 304 Å². The molecule has 1 aliphatic heterocycles. The van der Waals surface area contributed by atoms with E-state index in [1.54, 1.807) is 31.2 Å². The van der Waals surface area contributed by atoms with Crippen LogP contribution in [0.4, 0.5) is 4.79 Å². The summed E-state index contributed by atoms with van der Waals surface area (Å²) in [7, 11) is 0. The fraction of sp³-hybridized carbons (Fsp3) is 0.162. The van der Waals surface area contributed by atoms with Crippen molar-refractivity contribution < 1.29 is 57.0 Å². The zero-order valence-electron chi connectivity index (χ0n) is 48.1. The van der Waals surface area contributed by atoms with Crippen molar-refractivity contribution in [1.29, 1.82) is 0 Å². The maximum absolute atomic E-state index is 15.5. The molecule has 0 unspecified atom stereocenters. The predicted molar refractivity (Wildman–Crippen MR) is 331 cm³/mol. The lowest BCUT2D eigenvalue weighted by atomic mass is 9.93. The smallest absolute Gasteiger partial charge is 0.412 e. The Morgan fingerprint density at radius 1 is 0.414 bits per heavy atom. The predicted octanol–water partition coefficient (Wildman–Crippen LogP) is 15.7. The van der Waals surface area contributed by atoms with Crippen molar-refractivity contribution in [3.63, 3.8) is 0 Å². The van der Waals surface area contributed by atoms with E-state index in [2.05, 4.69) is 5.32 Å². The van der Waals surface area contributed by atoms with Gasteiger partial charge in [0.05, 0.1) is 5.56 Å². The first-order chi connectivity index (χ1) is 42.9. The van der Waals surface area contributed by atoms with Crippen LogP contribution in [0.3, 0.4) is 0 Å². The van der Waals surface area contributed by atoms with Crippen LogP contribution in [0.15, 0.2) is 249 Å². The number of hydrogen-bond donors (Lipinski definition) is 1. The molecule has 10 aromatic carbocycles. The van der Waals surface area contributed by atoms with Gasteiger partial charge in [-0.15, -0.1) is 0 Å². The molecule has 87 heavy (non-hydrogen) atoms. The number of benzene rings is 10. The molecule has 438 valence electrons. The maximum Gasteiger partial charge on any atom is 0.412 e. The van der Waals surface area contributed by atoms with E-state index in [0.29, 0.717) is 40.7 Å². The van der Waals surface area contributed by atoms with Gasteiger partial charge in [0.25, 0.3) is 0 Å². The second kappa shape index (κ2) is 29.2. The van der Waals surface area contributed by atoms with Crippen molar-refractivity contribution in [3.8, 4) is 51.7 Å². The SMILES string of the molecule is CCNC(=O)Oc1c(OCc2ccccc2)cc([C@H]2Oc3cc(OCc4ccccc4)cc(OCc4ccccc4)c3C[C@H]2OC(=O)c2cc(OCc3ccccc3)c(OCc3ccccc3)c(OCc3ccccc3)c2)cc1OCc1ccccc1. The molecule has 1 amide bonds. The Kier molecular flexibility index (Phi) is 19.5. The summed E-state index contributed by atoms with van der Waals surface area (Å²) in [5, 5.41) is 2.74. The lowest BCUT2D eigenvalue weighted by Crippen LogP contribution is -2.35. The molecule has 0 saturated heterocycles. The van der Waals surface area contributed by atoms with Crippen LogP contribution < -0.4 is 47.9 Å². The topological polar surface area (TPSA) is 138 Å². The number of hydrogen-bond acceptors (Lipinski definition) is 12. The highest BCUT2D eigenvalue weighted by molar-refractivity contribution is 5.91. The van der Waals surface area contributed by atoms with E-state index in [1.807, 2.05) is 224 Å². The summed E-state index contributed by atoms with van der Waals surface area (Å²) in [6.07, 6.45) is -2.76. The Balaban J connectivity index is 1.03. The van der Waals surface area contributed by atoms with Gasteiger partial charge in [-0.25, -0.2) is 9.59 Å². The van der Waals surface area contributed by atoms with Crippen molar-refractivity contribution in [2.75, 3.05) is 6.54 Å². The van der Waals surface area contributed by atoms with Crippen LogP contribution >= 0.6 is 0 Å². The van der Waals surface area contributed by atoms with Gasteiger partial charge in [0.2, 0.25) is 11.5 Å². The van der Waals surface area contributed by atoms with Crippen molar-refractivity contribution in [2.24, 2.45) is 0 Å². The van der Waals surface area contributed by atoms with E-state index in [4.69, 9.17) is 47.4 Å². The van der Waals surface area contributed by atoms with E-state index in [1.165, 1.54) is 0 Å². The number of esters is 1. The lowest BCUT2D eigenvalue weighted by molar-refractivity contribution is -0.0191. The Hall–Kier alpha value is -10.7. The van der Waals surface area contributed by atoms with Crippen molar-refractivity contribution in [2.45, 2.75) is 71.8 Å². The number of ether oxygens (including phenoxy) is 10. The summed E-state index contributed by atoms with van der Waals surface area (Å²) in [5.41, 5.74) is 7.55. The molecular formula is C74H65NO12. The molecule has 13 nitrogen and oxygen atoms in total. The standard InChI is InChI=1S/C74H65NO12/c1-2-75-74(77)87-72-67(82-49-56-32-18-7-19-33-56)38-59(39-68(72)83-50-57-34-20-8-21-35-57)70-69(44-62-63(79-46-53-26-12-4-13-27-53)42-61(43-64(62)85-70)78-45-52-24-10-3-11-25-52)86-73(76)60-40-65(80-47-54-28-14-5-15-29-54)71(84-51-58-36-22-9-23-37-58)66(41-60)81-48-55-30-16-6-17-31-55/h3-43,69-70H,2,44-51H2,1H3,(H,75,77)/t69-,70-/m1/s1. The summed E-state index contributed by atoms with van der Waals surface area (Å²) in [6.45, 7) is 3.27. The second-order valence-electron chi connectivity index (χ2n) is 20.6. The van der Waals surface area contributed by atoms with Gasteiger partial charge in [-0.05, 0) is 70.1 Å². The largest absolute Gasteiger partial charge is 0.489 e. The van der Waals surface area contributed by atoms with E-state index in [-0.39, 0.29) is 87.0 Å². The van der Waals surface area contributed by atoms with Gasteiger partial charge in [-0.3, -0.25) is 0 Å². The van der Waals surface area contributed by atoms with Gasteiger partial charge in [-0.1, -0.05) is 212 Å². The molecule has 0 aromatic heterocycles. The summed E-state index contributed by atoms with van der Waals surface area (Å²) in [6, 6.07) is 78.6. The molecule has 1 heterocycles. The van der Waals surface area contributed by atoms with E-state index >= 15 is 4.79 Å². The molecule has 0 saturated carbocycles. The summed E-state index contributed by atoms with van der Waals surface area (Å²) >= 11 is 0. The molecule has 1 N–H and O–H groups in total. The van der Waals surface area contributed by atoms with Crippen LogP contribution in [0.2, 0.25) is 0 Å². The molecule has 0 spiro atoms. The average molecular weight is 1160 g/mol. The fourth-order valence-corrected chi connectivity index (χ4v) is 9.77. The molecule has 11 rings (SSSR count). The minimum atomic E-state index is -1.07. The third-order valence-corrected chi connectivity index (χ3v) is 14.2. The minimum Gasteiger partial charge on any atom is -0.489 e. The molecule has 10 aromatic rings. The average Bonchev–Trinajstić information content (AvgIpc) is 1.12. The number of fused-ring (bicyclic) bond motifs is 1. The zero-order chi connectivity index (χ0) is 59.4. The normalized spacial score (nSPS) is 13.2. The quantitative estimate of drug-likeness (QED) is 0.0517. The highest BCUT2D eigenvalue weighted by Gasteiger charge is 2.39. The van der Waals surface area contributed by atoms with Gasteiger partial charge in [0.1, 0.15) is 69.6 Å². The Bertz CT molecular complexity index is 3690. The highest BCUT2D eigenvalue weighted by atomic mass is 16.6. The van der Waals surface area contributed by atoms with Crippen LogP contribution in [-0.4, -0.2) is 24.7 Å². The van der Waals surface area contributed by atoms with Crippen LogP contribution in [0.25, 0.3) is 0 Å². The number of amides is 1. The molecular weight excluding hydrogens is 1090 g/mol. The van der Waals surface area contributed by atoms with Crippen molar-refractivity contribution >= 4 is 12.1 Å². The van der Waals surface area contributed by atoms with E-state index < -0.39 is 24.3 Å². The third kappa shape index (κ3) is 16.0. The maximum atomic E-state index is 15.5. The van der Waals surface area contributed by atoms with Crippen molar-refractivity contribution in [1.82, 2.24) is 5.32 Å². The summed E-state index contributed by atoms with van der Waals surface area (Å²) < 4.78 is 66.5. The van der Waals surface area contributed by atoms with Gasteiger partial charge < -0.3 is 52.7 Å². The molecule has 0 radical (unpaired) electrons. The molecule has 0 aliphatic carbocycles. The Morgan fingerprint density at radius 2 is 0.770 bits per heavy atom. The lowest BCUT2D eigenvalue weighted by Gasteiger charge is -2.35. The number of rotatable bonds is 26. The third-order valence-electron chi connectivity index (χ3n) is 14.2. The molecule has 2 atom stereocenters. The first kappa shape index (κ1) is 58.1. The van der Waals surface area contributed by atoms with Crippen LogP contribution in [-0.2, 0) is 57.4 Å². The Labute approximate surface area is 506 Å². The fourth-order valence-electron chi connectivity index (χ4n) is 9.77. The first-order valence-electron chi connectivity index (χ1n) is 28.9. The monoisotopic (exact) mass is 1160 g/mol. The molecule has 0 fully saturated rings. The van der Waals surface area contributed by atoms with Gasteiger partial charge in [0, 0.05) is 36.2 Å².